The maximum atomic E-state index is 13.6. The van der Waals surface area contributed by atoms with Crippen molar-refractivity contribution in [3.05, 3.63) is 58.2 Å². The summed E-state index contributed by atoms with van der Waals surface area (Å²) in [6.07, 6.45) is 0. The largest absolute Gasteiger partial charge is 0.483 e. The zero-order chi connectivity index (χ0) is 19.7. The van der Waals surface area contributed by atoms with Gasteiger partial charge in [0.05, 0.1) is 25.5 Å². The Morgan fingerprint density at radius 3 is 2.86 bits per heavy atom. The van der Waals surface area contributed by atoms with E-state index in [1.165, 1.54) is 24.3 Å². The van der Waals surface area contributed by atoms with Crippen molar-refractivity contribution in [2.75, 3.05) is 6.61 Å². The predicted molar refractivity (Wildman–Crippen MR) is 107 cm³/mol. The van der Waals surface area contributed by atoms with E-state index in [0.717, 1.165) is 25.3 Å². The molecule has 0 aliphatic heterocycles. The van der Waals surface area contributed by atoms with Crippen molar-refractivity contribution in [2.45, 2.75) is 6.92 Å². The highest BCUT2D eigenvalue weighted by Gasteiger charge is 2.15. The van der Waals surface area contributed by atoms with Crippen LogP contribution in [0, 0.1) is 12.7 Å². The summed E-state index contributed by atoms with van der Waals surface area (Å²) in [7, 11) is 0. The molecule has 0 radical (unpaired) electrons. The summed E-state index contributed by atoms with van der Waals surface area (Å²) in [6, 6.07) is 9.29. The Balaban J connectivity index is 1.43. The lowest BCUT2D eigenvalue weighted by Crippen LogP contribution is -2.44. The fraction of sp³-hybridized carbons (Fsp3) is 0.105. The monoisotopic (exact) mass is 415 g/mol. The molecule has 4 aromatic rings. The van der Waals surface area contributed by atoms with Gasteiger partial charge in [-0.1, -0.05) is 12.1 Å². The van der Waals surface area contributed by atoms with Crippen molar-refractivity contribution in [2.24, 2.45) is 0 Å². The maximum Gasteiger partial charge on any atom is 0.276 e. The van der Waals surface area contributed by atoms with Crippen molar-refractivity contribution in [1.29, 1.82) is 0 Å². The van der Waals surface area contributed by atoms with Crippen LogP contribution >= 0.6 is 22.7 Å². The first-order valence-electron chi connectivity index (χ1n) is 8.27. The fourth-order valence-corrected chi connectivity index (χ4v) is 4.56. The molecule has 4 rings (SSSR count). The van der Waals surface area contributed by atoms with E-state index in [1.54, 1.807) is 22.7 Å². The van der Waals surface area contributed by atoms with Gasteiger partial charge in [0.2, 0.25) is 0 Å². The first kappa shape index (κ1) is 18.3. The number of ether oxygens (including phenoxy) is 1. The van der Waals surface area contributed by atoms with E-state index in [2.05, 4.69) is 15.8 Å². The minimum atomic E-state index is -0.742. The van der Waals surface area contributed by atoms with E-state index >= 15 is 0 Å². The molecular weight excluding hydrogens is 401 g/mol. The van der Waals surface area contributed by atoms with E-state index < -0.39 is 17.6 Å². The van der Waals surface area contributed by atoms with Crippen molar-refractivity contribution in [3.8, 4) is 5.75 Å². The Morgan fingerprint density at radius 2 is 2.04 bits per heavy atom. The van der Waals surface area contributed by atoms with Crippen LogP contribution in [-0.2, 0) is 4.79 Å². The summed E-state index contributed by atoms with van der Waals surface area (Å²) in [5.41, 5.74) is 5.18. The van der Waals surface area contributed by atoms with Gasteiger partial charge in [-0.05, 0) is 30.5 Å². The van der Waals surface area contributed by atoms with Crippen molar-refractivity contribution in [3.63, 3.8) is 0 Å². The minimum Gasteiger partial charge on any atom is -0.483 e. The van der Waals surface area contributed by atoms with Crippen LogP contribution in [0.3, 0.4) is 0 Å². The van der Waals surface area contributed by atoms with Crippen molar-refractivity contribution >= 4 is 54.8 Å². The number of nitrogens with zero attached hydrogens (tertiary/aromatic N) is 1. The number of halogens is 1. The molecule has 2 aromatic carbocycles. The minimum absolute atomic E-state index is 0.158. The Labute approximate surface area is 166 Å². The highest BCUT2D eigenvalue weighted by atomic mass is 32.1. The topological polar surface area (TPSA) is 80.3 Å². The van der Waals surface area contributed by atoms with Gasteiger partial charge in [-0.25, -0.2) is 9.37 Å². The Kier molecular flexibility index (Phi) is 4.93. The van der Waals surface area contributed by atoms with Crippen LogP contribution in [0.1, 0.15) is 15.4 Å². The maximum absolute atomic E-state index is 13.6. The normalized spacial score (nSPS) is 10.9. The van der Waals surface area contributed by atoms with Gasteiger partial charge in [-0.2, -0.15) is 0 Å². The number of aromatic nitrogens is 1. The number of hydrazine groups is 1. The van der Waals surface area contributed by atoms with Crippen LogP contribution in [0.25, 0.3) is 20.3 Å². The van der Waals surface area contributed by atoms with E-state index in [0.29, 0.717) is 5.75 Å². The van der Waals surface area contributed by atoms with Crippen LogP contribution in [0.4, 0.5) is 4.39 Å². The molecule has 2 heterocycles. The second-order valence-corrected chi connectivity index (χ2v) is 8.04. The van der Waals surface area contributed by atoms with Gasteiger partial charge >= 0.3 is 0 Å². The van der Waals surface area contributed by atoms with Crippen molar-refractivity contribution < 1.29 is 18.7 Å². The average molecular weight is 415 g/mol. The van der Waals surface area contributed by atoms with Gasteiger partial charge in [0.15, 0.2) is 6.61 Å². The molecule has 0 spiro atoms. The van der Waals surface area contributed by atoms with Gasteiger partial charge in [0.1, 0.15) is 11.6 Å². The summed E-state index contributed by atoms with van der Waals surface area (Å²) >= 11 is 3.12. The van der Waals surface area contributed by atoms with Crippen LogP contribution in [0.15, 0.2) is 41.8 Å². The molecule has 0 unspecified atom stereocenters. The van der Waals surface area contributed by atoms with E-state index in [1.807, 2.05) is 24.4 Å². The number of fused-ring (bicyclic) bond motifs is 3. The number of hydrogen-bond donors (Lipinski definition) is 2. The van der Waals surface area contributed by atoms with Crippen LogP contribution < -0.4 is 15.6 Å². The molecular formula is C19H14FN3O3S2. The first-order chi connectivity index (χ1) is 13.5. The molecule has 0 aliphatic carbocycles. The second-order valence-electron chi connectivity index (χ2n) is 5.89. The number of thiophene rings is 1. The second kappa shape index (κ2) is 7.53. The Morgan fingerprint density at radius 1 is 1.21 bits per heavy atom. The molecule has 0 atom stereocenters. The summed E-state index contributed by atoms with van der Waals surface area (Å²) in [5.74, 6) is -1.40. The lowest BCUT2D eigenvalue weighted by Gasteiger charge is -2.10. The third kappa shape index (κ3) is 3.54. The third-order valence-electron chi connectivity index (χ3n) is 3.96. The fourth-order valence-electron chi connectivity index (χ4n) is 2.72. The zero-order valence-corrected chi connectivity index (χ0v) is 16.2. The van der Waals surface area contributed by atoms with E-state index in [9.17, 15) is 14.0 Å². The molecule has 2 N–H and O–H groups in total. The SMILES string of the molecule is Cc1nc2c(cc(OCC(=O)NNC(=O)c3ccccc3F)c3ccsc32)s1. The quantitative estimate of drug-likeness (QED) is 0.497. The lowest BCUT2D eigenvalue weighted by molar-refractivity contribution is -0.123. The van der Waals surface area contributed by atoms with Crippen molar-refractivity contribution in [1.82, 2.24) is 15.8 Å². The molecule has 2 aromatic heterocycles. The van der Waals surface area contributed by atoms with Gasteiger partial charge in [-0.15, -0.1) is 22.7 Å². The summed E-state index contributed by atoms with van der Waals surface area (Å²) in [6.45, 7) is 1.64. The number of benzene rings is 2. The third-order valence-corrected chi connectivity index (χ3v) is 5.80. The molecule has 0 saturated heterocycles. The first-order valence-corrected chi connectivity index (χ1v) is 9.96. The van der Waals surface area contributed by atoms with Gasteiger partial charge < -0.3 is 4.74 Å². The van der Waals surface area contributed by atoms with Gasteiger partial charge in [0, 0.05) is 11.5 Å². The summed E-state index contributed by atoms with van der Waals surface area (Å²) in [5, 5.41) is 3.78. The van der Waals surface area contributed by atoms with E-state index in [-0.39, 0.29) is 12.2 Å². The Bertz CT molecular complexity index is 1200. The van der Waals surface area contributed by atoms with Crippen LogP contribution in [0.5, 0.6) is 5.75 Å². The van der Waals surface area contributed by atoms with Gasteiger partial charge in [-0.3, -0.25) is 20.4 Å². The molecule has 6 nitrogen and oxygen atoms in total. The number of nitrogens with one attached hydrogen (secondary N) is 2. The highest BCUT2D eigenvalue weighted by Crippen LogP contribution is 2.38. The molecule has 28 heavy (non-hydrogen) atoms. The predicted octanol–water partition coefficient (Wildman–Crippen LogP) is 3.80. The number of carbonyl (C=O) groups is 2. The molecule has 2 amide bonds. The lowest BCUT2D eigenvalue weighted by atomic mass is 10.2. The zero-order valence-electron chi connectivity index (χ0n) is 14.6. The number of hydrogen-bond acceptors (Lipinski definition) is 6. The van der Waals surface area contributed by atoms with E-state index in [4.69, 9.17) is 4.74 Å². The molecule has 0 saturated carbocycles. The summed E-state index contributed by atoms with van der Waals surface area (Å²) < 4.78 is 21.2. The number of rotatable bonds is 4. The average Bonchev–Trinajstić information content (AvgIpc) is 3.30. The molecule has 9 heteroatoms. The summed E-state index contributed by atoms with van der Waals surface area (Å²) in [4.78, 5) is 28.5. The number of aryl methyl sites for hydroxylation is 1. The molecule has 142 valence electrons. The van der Waals surface area contributed by atoms with Gasteiger partial charge in [0.25, 0.3) is 11.8 Å². The standard InChI is InChI=1S/C19H14FN3O3S2/c1-10-21-17-15(28-10)8-14(12-6-7-27-18(12)17)26-9-16(24)22-23-19(25)11-4-2-3-5-13(11)20/h2-8H,9H2,1H3,(H,22,24)(H,23,25). The van der Waals surface area contributed by atoms with Crippen LogP contribution in [-0.4, -0.2) is 23.4 Å². The van der Waals surface area contributed by atoms with Crippen LogP contribution in [0.2, 0.25) is 0 Å². The molecule has 0 aliphatic rings. The number of carbonyl (C=O) groups excluding carboxylic acids is 2. The highest BCUT2D eigenvalue weighted by molar-refractivity contribution is 7.21. The Hall–Kier alpha value is -3.04. The molecule has 0 fully saturated rings. The number of thiazole rings is 1. The number of amides is 2. The smallest absolute Gasteiger partial charge is 0.276 e. The molecule has 0 bridgehead atoms.